The summed E-state index contributed by atoms with van der Waals surface area (Å²) in [4.78, 5) is 21.9. The summed E-state index contributed by atoms with van der Waals surface area (Å²) in [6.07, 6.45) is 6.39. The predicted octanol–water partition coefficient (Wildman–Crippen LogP) is 0.664. The number of aliphatic imine (C=N–C) groups is 1. The zero-order chi connectivity index (χ0) is 17.0. The zero-order valence-electron chi connectivity index (χ0n) is 13.1. The van der Waals surface area contributed by atoms with Gasteiger partial charge in [0.1, 0.15) is 12.7 Å². The van der Waals surface area contributed by atoms with Gasteiger partial charge < -0.3 is 4.74 Å². The first-order valence-electron chi connectivity index (χ1n) is 7.52. The number of hydrazine groups is 1. The lowest BCUT2D eigenvalue weighted by Crippen LogP contribution is -2.49. The van der Waals surface area contributed by atoms with Crippen molar-refractivity contribution in [3.8, 4) is 5.69 Å². The minimum Gasteiger partial charge on any atom is -0.464 e. The van der Waals surface area contributed by atoms with Crippen molar-refractivity contribution in [1.82, 2.24) is 24.7 Å². The zero-order valence-corrected chi connectivity index (χ0v) is 13.1. The number of esters is 1. The van der Waals surface area contributed by atoms with E-state index < -0.39 is 5.97 Å². The van der Waals surface area contributed by atoms with E-state index >= 15 is 0 Å². The van der Waals surface area contributed by atoms with E-state index in [-0.39, 0.29) is 11.9 Å². The minimum atomic E-state index is -0.548. The molecule has 1 aromatic carbocycles. The normalized spacial score (nSPS) is 17.2. The highest BCUT2D eigenvalue weighted by Gasteiger charge is 2.39. The molecule has 10 heteroatoms. The van der Waals surface area contributed by atoms with Crippen molar-refractivity contribution in [2.45, 2.75) is 6.17 Å². The van der Waals surface area contributed by atoms with E-state index in [0.29, 0.717) is 0 Å². The average Bonchev–Trinajstić information content (AvgIpc) is 3.38. The molecule has 25 heavy (non-hydrogen) atoms. The van der Waals surface area contributed by atoms with Crippen LogP contribution in [0.5, 0.6) is 0 Å². The van der Waals surface area contributed by atoms with Gasteiger partial charge in [0, 0.05) is 5.56 Å². The van der Waals surface area contributed by atoms with Crippen LogP contribution in [0.25, 0.3) is 5.69 Å². The van der Waals surface area contributed by atoms with Gasteiger partial charge in [-0.2, -0.15) is 5.12 Å². The maximum atomic E-state index is 11.6. The number of rotatable bonds is 2. The molecule has 1 unspecified atom stereocenters. The summed E-state index contributed by atoms with van der Waals surface area (Å²) >= 11 is 0. The van der Waals surface area contributed by atoms with Crippen LogP contribution in [0.1, 0.15) is 22.2 Å². The number of fused-ring (bicyclic) bond motifs is 6. The van der Waals surface area contributed by atoms with E-state index in [0.717, 1.165) is 17.1 Å². The highest BCUT2D eigenvalue weighted by molar-refractivity contribution is 5.87. The maximum absolute atomic E-state index is 11.6. The van der Waals surface area contributed by atoms with Gasteiger partial charge in [0.25, 0.3) is 0 Å². The number of aromatic nitrogens is 5. The van der Waals surface area contributed by atoms with Crippen molar-refractivity contribution in [3.05, 3.63) is 54.2 Å². The standard InChI is InChI=1S/C15H12N8O2/c1-25-15(24)11-7-21(19-18-11)22-9-17-14-10-4-2-3-5-12(10)20-8-16-6-13(20)23(14)22/h2-9,14H,1H3. The van der Waals surface area contributed by atoms with Crippen LogP contribution in [-0.4, -0.2) is 44.1 Å². The lowest BCUT2D eigenvalue weighted by molar-refractivity contribution is 0.0594. The Kier molecular flexibility index (Phi) is 2.69. The van der Waals surface area contributed by atoms with Gasteiger partial charge in [0.2, 0.25) is 0 Å². The first-order chi connectivity index (χ1) is 12.3. The minimum absolute atomic E-state index is 0.116. The lowest BCUT2D eigenvalue weighted by atomic mass is 10.1. The predicted molar refractivity (Wildman–Crippen MR) is 86.9 cm³/mol. The third kappa shape index (κ3) is 1.81. The molecule has 0 spiro atoms. The van der Waals surface area contributed by atoms with Gasteiger partial charge in [-0.25, -0.2) is 19.8 Å². The fourth-order valence-corrected chi connectivity index (χ4v) is 3.07. The molecule has 10 nitrogen and oxygen atoms in total. The molecule has 0 saturated carbocycles. The first kappa shape index (κ1) is 13.7. The summed E-state index contributed by atoms with van der Waals surface area (Å²) in [7, 11) is 1.30. The number of carbonyl (C=O) groups is 1. The van der Waals surface area contributed by atoms with Crippen molar-refractivity contribution < 1.29 is 9.53 Å². The van der Waals surface area contributed by atoms with E-state index in [4.69, 9.17) is 0 Å². The Morgan fingerprint density at radius 2 is 2.16 bits per heavy atom. The monoisotopic (exact) mass is 336 g/mol. The molecule has 0 saturated heterocycles. The summed E-state index contributed by atoms with van der Waals surface area (Å²) in [6, 6.07) is 8.01. The third-order valence-electron chi connectivity index (χ3n) is 4.18. The highest BCUT2D eigenvalue weighted by Crippen LogP contribution is 2.40. The summed E-state index contributed by atoms with van der Waals surface area (Å²) in [5.41, 5.74) is 2.19. The molecule has 0 N–H and O–H groups in total. The second-order valence-corrected chi connectivity index (χ2v) is 5.50. The molecule has 2 aliphatic heterocycles. The maximum Gasteiger partial charge on any atom is 0.360 e. The Bertz CT molecular complexity index is 1010. The van der Waals surface area contributed by atoms with Gasteiger partial charge in [-0.1, -0.05) is 18.2 Å². The summed E-state index contributed by atoms with van der Waals surface area (Å²) in [5, 5.41) is 11.4. The second kappa shape index (κ2) is 4.90. The number of hydrogen-bond donors (Lipinski definition) is 0. The molecule has 0 bridgehead atoms. The van der Waals surface area contributed by atoms with E-state index in [9.17, 15) is 4.79 Å². The van der Waals surface area contributed by atoms with E-state index in [1.807, 2.05) is 33.8 Å². The van der Waals surface area contributed by atoms with Crippen LogP contribution in [0.2, 0.25) is 0 Å². The average molecular weight is 336 g/mol. The number of methoxy groups -OCH3 is 1. The molecule has 1 atom stereocenters. The van der Waals surface area contributed by atoms with Gasteiger partial charge in [0.05, 0.1) is 25.2 Å². The molecule has 5 rings (SSSR count). The Morgan fingerprint density at radius 1 is 1.28 bits per heavy atom. The van der Waals surface area contributed by atoms with Crippen molar-refractivity contribution in [3.63, 3.8) is 0 Å². The van der Waals surface area contributed by atoms with Gasteiger partial charge in [-0.05, 0) is 11.3 Å². The van der Waals surface area contributed by atoms with Gasteiger partial charge in [0.15, 0.2) is 17.7 Å². The fourth-order valence-electron chi connectivity index (χ4n) is 3.07. The number of nitrogens with zero attached hydrogens (tertiary/aromatic N) is 8. The smallest absolute Gasteiger partial charge is 0.360 e. The number of carbonyl (C=O) groups excluding carboxylic acids is 1. The molecule has 2 aromatic heterocycles. The quantitative estimate of drug-likeness (QED) is 0.635. The number of benzene rings is 1. The molecule has 3 aromatic rings. The Labute approximate surface area is 141 Å². The molecule has 2 aliphatic rings. The molecule has 124 valence electrons. The van der Waals surface area contributed by atoms with Crippen molar-refractivity contribution in [2.24, 2.45) is 4.99 Å². The highest BCUT2D eigenvalue weighted by atomic mass is 16.5. The summed E-state index contributed by atoms with van der Waals surface area (Å²) in [6.45, 7) is 0. The van der Waals surface area contributed by atoms with E-state index in [2.05, 4.69) is 25.0 Å². The van der Waals surface area contributed by atoms with Gasteiger partial charge >= 0.3 is 5.97 Å². The van der Waals surface area contributed by atoms with E-state index in [1.54, 1.807) is 24.0 Å². The molecule has 0 aliphatic carbocycles. The van der Waals surface area contributed by atoms with Crippen molar-refractivity contribution in [2.75, 3.05) is 17.2 Å². The number of hydrogen-bond acceptors (Lipinski definition) is 8. The lowest BCUT2D eigenvalue weighted by Gasteiger charge is -2.36. The topological polar surface area (TPSA) is 93.7 Å². The van der Waals surface area contributed by atoms with Gasteiger partial charge in [-0.3, -0.25) is 4.57 Å². The number of para-hydroxylation sites is 1. The largest absolute Gasteiger partial charge is 0.464 e. The van der Waals surface area contributed by atoms with Crippen molar-refractivity contribution >= 4 is 18.1 Å². The Morgan fingerprint density at radius 3 is 3.04 bits per heavy atom. The summed E-state index contributed by atoms with van der Waals surface area (Å²) < 4.78 is 6.65. The number of anilines is 1. The molecule has 0 amide bonds. The third-order valence-corrected chi connectivity index (χ3v) is 4.18. The second-order valence-electron chi connectivity index (χ2n) is 5.50. The van der Waals surface area contributed by atoms with Crippen LogP contribution < -0.4 is 10.1 Å². The SMILES string of the molecule is COC(=O)c1cn(N2C=NC3c4ccccc4-n4cncc4N32)nn1. The molecule has 0 radical (unpaired) electrons. The van der Waals surface area contributed by atoms with E-state index in [1.165, 1.54) is 18.1 Å². The Balaban J connectivity index is 1.60. The molecule has 4 heterocycles. The van der Waals surface area contributed by atoms with Crippen LogP contribution in [0.4, 0.5) is 5.82 Å². The van der Waals surface area contributed by atoms with Crippen LogP contribution in [0.15, 0.2) is 48.0 Å². The summed E-state index contributed by atoms with van der Waals surface area (Å²) in [5.74, 6) is 0.282. The first-order valence-corrected chi connectivity index (χ1v) is 7.52. The molecular formula is C15H12N8O2. The van der Waals surface area contributed by atoms with Crippen LogP contribution in [0, 0.1) is 0 Å². The Hall–Kier alpha value is -3.69. The fraction of sp³-hybridized carbons (Fsp3) is 0.133. The van der Waals surface area contributed by atoms with Gasteiger partial charge in [-0.15, -0.1) is 9.89 Å². The molecule has 0 fully saturated rings. The number of imidazole rings is 1. The van der Waals surface area contributed by atoms with Crippen LogP contribution in [-0.2, 0) is 4.74 Å². The van der Waals surface area contributed by atoms with Crippen molar-refractivity contribution in [1.29, 1.82) is 0 Å². The van der Waals surface area contributed by atoms with Crippen LogP contribution in [0.3, 0.4) is 0 Å². The number of ether oxygens (including phenoxy) is 1. The van der Waals surface area contributed by atoms with Crippen LogP contribution >= 0.6 is 0 Å². The molecular weight excluding hydrogens is 324 g/mol.